The van der Waals surface area contributed by atoms with E-state index in [9.17, 15) is 19.8 Å². The summed E-state index contributed by atoms with van der Waals surface area (Å²) < 4.78 is 10.2. The second kappa shape index (κ2) is 5.38. The molecule has 122 valence electrons. The van der Waals surface area contributed by atoms with E-state index in [0.717, 1.165) is 0 Å². The van der Waals surface area contributed by atoms with Gasteiger partial charge >= 0.3 is 0 Å². The summed E-state index contributed by atoms with van der Waals surface area (Å²) >= 11 is 0. The largest absolute Gasteiger partial charge is 0.504 e. The number of aliphatic hydroxyl groups is 1. The summed E-state index contributed by atoms with van der Waals surface area (Å²) in [5, 5.41) is 20.4. The van der Waals surface area contributed by atoms with E-state index in [1.54, 1.807) is 0 Å². The van der Waals surface area contributed by atoms with Crippen LogP contribution in [0.1, 0.15) is 40.5 Å². The number of carbonyl (C=O) groups excluding carboxylic acids is 2. The summed E-state index contributed by atoms with van der Waals surface area (Å²) in [6, 6.07) is 1.42. The molecule has 23 heavy (non-hydrogen) atoms. The van der Waals surface area contributed by atoms with Crippen molar-refractivity contribution < 1.29 is 29.3 Å². The number of phenols is 1. The van der Waals surface area contributed by atoms with E-state index in [1.165, 1.54) is 20.3 Å². The predicted molar refractivity (Wildman–Crippen MR) is 81.3 cm³/mol. The van der Waals surface area contributed by atoms with Crippen molar-refractivity contribution in [1.29, 1.82) is 0 Å². The van der Waals surface area contributed by atoms with Crippen molar-refractivity contribution in [3.63, 3.8) is 0 Å². The maximum Gasteiger partial charge on any atom is 0.203 e. The fourth-order valence-electron chi connectivity index (χ4n) is 3.27. The third-order valence-corrected chi connectivity index (χ3v) is 4.62. The molecule has 0 fully saturated rings. The summed E-state index contributed by atoms with van der Waals surface area (Å²) in [6.07, 6.45) is -0.210. The van der Waals surface area contributed by atoms with Crippen LogP contribution in [0.15, 0.2) is 17.2 Å². The van der Waals surface area contributed by atoms with Crippen molar-refractivity contribution in [3.8, 4) is 17.2 Å². The fraction of sp³-hybridized carbons (Fsp3) is 0.412. The molecule has 2 N–H and O–H groups in total. The van der Waals surface area contributed by atoms with Crippen LogP contribution >= 0.6 is 0 Å². The monoisotopic (exact) mass is 318 g/mol. The van der Waals surface area contributed by atoms with Crippen LogP contribution in [0.2, 0.25) is 0 Å². The number of aromatic hydroxyl groups is 1. The van der Waals surface area contributed by atoms with E-state index in [-0.39, 0.29) is 46.3 Å². The summed E-state index contributed by atoms with van der Waals surface area (Å²) in [5.74, 6) is -1.02. The number of hydrogen-bond donors (Lipinski definition) is 2. The lowest BCUT2D eigenvalue weighted by Crippen LogP contribution is -2.33. The topological polar surface area (TPSA) is 93.1 Å². The lowest BCUT2D eigenvalue weighted by Gasteiger charge is -2.31. The Balaban J connectivity index is 2.23. The Hall–Kier alpha value is -2.34. The minimum Gasteiger partial charge on any atom is -0.504 e. The predicted octanol–water partition coefficient (Wildman–Crippen LogP) is 1.88. The molecule has 0 spiro atoms. The number of ketones is 2. The van der Waals surface area contributed by atoms with Crippen LogP contribution in [0, 0.1) is 5.92 Å². The van der Waals surface area contributed by atoms with Gasteiger partial charge in [0.2, 0.25) is 5.75 Å². The smallest absolute Gasteiger partial charge is 0.203 e. The van der Waals surface area contributed by atoms with Gasteiger partial charge in [-0.05, 0) is 18.4 Å². The molecule has 6 nitrogen and oxygen atoms in total. The van der Waals surface area contributed by atoms with Crippen LogP contribution in [-0.2, 0) is 0 Å². The van der Waals surface area contributed by atoms with E-state index in [2.05, 4.69) is 0 Å². The molecule has 0 unspecified atom stereocenters. The van der Waals surface area contributed by atoms with Crippen LogP contribution in [0.25, 0.3) is 0 Å². The molecule has 2 aliphatic carbocycles. The highest BCUT2D eigenvalue weighted by molar-refractivity contribution is 6.28. The molecule has 0 radical (unpaired) electrons. The molecule has 2 atom stereocenters. The average molecular weight is 318 g/mol. The lowest BCUT2D eigenvalue weighted by molar-refractivity contribution is 0.0845. The molecule has 0 heterocycles. The van der Waals surface area contributed by atoms with Crippen molar-refractivity contribution in [2.45, 2.75) is 25.9 Å². The minimum atomic E-state index is -0.672. The van der Waals surface area contributed by atoms with Gasteiger partial charge in [-0.1, -0.05) is 6.92 Å². The van der Waals surface area contributed by atoms with Gasteiger partial charge in [-0.2, -0.15) is 0 Å². The third kappa shape index (κ3) is 2.13. The zero-order chi connectivity index (χ0) is 16.9. The highest BCUT2D eigenvalue weighted by Gasteiger charge is 2.40. The van der Waals surface area contributed by atoms with Crippen molar-refractivity contribution in [3.05, 3.63) is 28.3 Å². The minimum absolute atomic E-state index is 0.0150. The van der Waals surface area contributed by atoms with Crippen molar-refractivity contribution in [1.82, 2.24) is 0 Å². The van der Waals surface area contributed by atoms with Crippen LogP contribution < -0.4 is 9.47 Å². The number of methoxy groups -OCH3 is 2. The van der Waals surface area contributed by atoms with Gasteiger partial charge in [0, 0.05) is 23.1 Å². The van der Waals surface area contributed by atoms with E-state index < -0.39 is 17.6 Å². The van der Waals surface area contributed by atoms with Gasteiger partial charge in [-0.3, -0.25) is 9.59 Å². The van der Waals surface area contributed by atoms with Gasteiger partial charge in [-0.15, -0.1) is 0 Å². The number of carbonyl (C=O) groups is 2. The maximum atomic E-state index is 12.8. The van der Waals surface area contributed by atoms with Crippen molar-refractivity contribution >= 4 is 11.6 Å². The standard InChI is InChI=1S/C17H18O6/c1-7-4-8-9(5-11(7)18)15(20)13-10(14(8)19)6-12(22-2)17(23-3)16(13)21/h6-7,11,18,21H,4-5H2,1-3H3/t7-,11-/m1/s1. The number of phenolic OH excluding ortho intramolecular Hbond substituents is 1. The first-order valence-corrected chi connectivity index (χ1v) is 7.38. The molecule has 0 saturated carbocycles. The number of ether oxygens (including phenoxy) is 2. The van der Waals surface area contributed by atoms with E-state index in [0.29, 0.717) is 12.0 Å². The maximum absolute atomic E-state index is 12.8. The molecule has 3 rings (SSSR count). The normalized spacial score (nSPS) is 23.5. The Morgan fingerprint density at radius 2 is 1.74 bits per heavy atom. The molecular weight excluding hydrogens is 300 g/mol. The second-order valence-corrected chi connectivity index (χ2v) is 5.95. The van der Waals surface area contributed by atoms with Gasteiger partial charge < -0.3 is 19.7 Å². The van der Waals surface area contributed by atoms with E-state index in [4.69, 9.17) is 9.47 Å². The van der Waals surface area contributed by atoms with Crippen LogP contribution in [0.5, 0.6) is 17.2 Å². The zero-order valence-electron chi connectivity index (χ0n) is 13.2. The molecule has 2 aliphatic rings. The molecule has 0 saturated heterocycles. The number of benzene rings is 1. The van der Waals surface area contributed by atoms with E-state index >= 15 is 0 Å². The number of Topliss-reactive ketones (excluding diaryl/α,β-unsaturated/α-hetero) is 2. The number of hydrogen-bond acceptors (Lipinski definition) is 6. The number of allylic oxidation sites excluding steroid dienone is 1. The lowest BCUT2D eigenvalue weighted by atomic mass is 9.73. The average Bonchev–Trinajstić information content (AvgIpc) is 2.53. The van der Waals surface area contributed by atoms with E-state index in [1.807, 2.05) is 6.92 Å². The highest BCUT2D eigenvalue weighted by Crippen LogP contribution is 2.47. The van der Waals surface area contributed by atoms with Gasteiger partial charge in [0.25, 0.3) is 0 Å². The number of rotatable bonds is 2. The van der Waals surface area contributed by atoms with Crippen LogP contribution in [0.4, 0.5) is 0 Å². The van der Waals surface area contributed by atoms with Crippen molar-refractivity contribution in [2.24, 2.45) is 5.92 Å². The Kier molecular flexibility index (Phi) is 3.64. The molecule has 1 aromatic carbocycles. The zero-order valence-corrected chi connectivity index (χ0v) is 13.2. The molecular formula is C17H18O6. The molecule has 1 aromatic rings. The molecule has 6 heteroatoms. The number of aliphatic hydroxyl groups excluding tert-OH is 1. The van der Waals surface area contributed by atoms with Crippen LogP contribution in [-0.4, -0.2) is 42.1 Å². The second-order valence-electron chi connectivity index (χ2n) is 5.95. The van der Waals surface area contributed by atoms with Gasteiger partial charge in [-0.25, -0.2) is 0 Å². The highest BCUT2D eigenvalue weighted by atomic mass is 16.5. The van der Waals surface area contributed by atoms with Gasteiger partial charge in [0.05, 0.1) is 25.9 Å². The fourth-order valence-corrected chi connectivity index (χ4v) is 3.27. The van der Waals surface area contributed by atoms with Crippen LogP contribution in [0.3, 0.4) is 0 Å². The van der Waals surface area contributed by atoms with Gasteiger partial charge in [0.1, 0.15) is 0 Å². The molecule has 0 bridgehead atoms. The number of fused-ring (bicyclic) bond motifs is 1. The Bertz CT molecular complexity index is 746. The molecule has 0 amide bonds. The first-order valence-electron chi connectivity index (χ1n) is 7.38. The SMILES string of the molecule is COc1cc2c(c(O)c1OC)C(=O)C1=C(C[C@@H](C)[C@H](O)C1)C2=O. The third-order valence-electron chi connectivity index (χ3n) is 4.62. The molecule has 0 aliphatic heterocycles. The summed E-state index contributed by atoms with van der Waals surface area (Å²) in [7, 11) is 2.73. The first kappa shape index (κ1) is 15.6. The van der Waals surface area contributed by atoms with Crippen molar-refractivity contribution in [2.75, 3.05) is 14.2 Å². The Morgan fingerprint density at radius 3 is 2.35 bits per heavy atom. The molecule has 0 aromatic heterocycles. The van der Waals surface area contributed by atoms with Gasteiger partial charge in [0.15, 0.2) is 23.1 Å². The summed E-state index contributed by atoms with van der Waals surface area (Å²) in [5.41, 5.74) is 0.753. The Morgan fingerprint density at radius 1 is 1.09 bits per heavy atom. The summed E-state index contributed by atoms with van der Waals surface area (Å²) in [4.78, 5) is 25.5. The quantitative estimate of drug-likeness (QED) is 0.865. The Labute approximate surface area is 133 Å². The summed E-state index contributed by atoms with van der Waals surface area (Å²) in [6.45, 7) is 1.84. The first-order chi connectivity index (χ1) is 10.9.